The van der Waals surface area contributed by atoms with Crippen LogP contribution in [0.5, 0.6) is 11.5 Å². The Labute approximate surface area is 164 Å². The lowest BCUT2D eigenvalue weighted by molar-refractivity contribution is -0.120. The fourth-order valence-electron chi connectivity index (χ4n) is 2.74. The summed E-state index contributed by atoms with van der Waals surface area (Å²) in [5, 5.41) is 6.28. The van der Waals surface area contributed by atoms with Crippen LogP contribution in [0.1, 0.15) is 25.0 Å². The summed E-state index contributed by atoms with van der Waals surface area (Å²) in [6.07, 6.45) is 0. The van der Waals surface area contributed by atoms with Crippen molar-refractivity contribution in [2.45, 2.75) is 31.2 Å². The van der Waals surface area contributed by atoms with Crippen LogP contribution in [-0.4, -0.2) is 31.5 Å². The maximum atomic E-state index is 12.1. The largest absolute Gasteiger partial charge is 0.454 e. The topological polar surface area (TPSA) is 59.6 Å². The van der Waals surface area contributed by atoms with Gasteiger partial charge < -0.3 is 14.8 Å². The van der Waals surface area contributed by atoms with E-state index in [1.54, 1.807) is 11.8 Å². The molecule has 144 valence electrons. The van der Waals surface area contributed by atoms with Crippen molar-refractivity contribution in [3.05, 3.63) is 53.6 Å². The van der Waals surface area contributed by atoms with Gasteiger partial charge in [0.1, 0.15) is 0 Å². The van der Waals surface area contributed by atoms with Gasteiger partial charge in [0.15, 0.2) is 11.5 Å². The van der Waals surface area contributed by atoms with Gasteiger partial charge in [0.25, 0.3) is 0 Å². The molecule has 3 rings (SSSR count). The van der Waals surface area contributed by atoms with Crippen molar-refractivity contribution in [3.8, 4) is 11.5 Å². The third-order valence-corrected chi connectivity index (χ3v) is 5.51. The van der Waals surface area contributed by atoms with Gasteiger partial charge in [0.05, 0.1) is 6.54 Å². The number of thioether (sulfide) groups is 1. The summed E-state index contributed by atoms with van der Waals surface area (Å²) in [5.74, 6) is 2.35. The molecule has 0 fully saturated rings. The molecule has 0 aromatic heterocycles. The van der Waals surface area contributed by atoms with Crippen molar-refractivity contribution in [1.29, 1.82) is 0 Å². The predicted octanol–water partition coefficient (Wildman–Crippen LogP) is 3.46. The fraction of sp³-hybridized carbons (Fsp3) is 0.381. The van der Waals surface area contributed by atoms with Gasteiger partial charge in [-0.15, -0.1) is 11.8 Å². The quantitative estimate of drug-likeness (QED) is 0.537. The van der Waals surface area contributed by atoms with Crippen LogP contribution in [-0.2, 0) is 10.3 Å². The number of aryl methyl sites for hydroxylation is 1. The molecule has 0 unspecified atom stereocenters. The van der Waals surface area contributed by atoms with Crippen LogP contribution in [0.2, 0.25) is 0 Å². The maximum absolute atomic E-state index is 12.1. The Bertz CT molecular complexity index is 791. The highest BCUT2D eigenvalue weighted by molar-refractivity contribution is 7.99. The Balaban J connectivity index is 1.40. The molecule has 2 aromatic rings. The van der Waals surface area contributed by atoms with E-state index in [4.69, 9.17) is 9.47 Å². The van der Waals surface area contributed by atoms with Gasteiger partial charge in [0, 0.05) is 22.7 Å². The Morgan fingerprint density at radius 3 is 2.63 bits per heavy atom. The van der Waals surface area contributed by atoms with E-state index >= 15 is 0 Å². The zero-order chi connectivity index (χ0) is 19.3. The fourth-order valence-corrected chi connectivity index (χ4v) is 3.51. The van der Waals surface area contributed by atoms with Crippen LogP contribution in [0.3, 0.4) is 0 Å². The number of hydrogen-bond donors (Lipinski definition) is 2. The second kappa shape index (κ2) is 8.67. The van der Waals surface area contributed by atoms with Gasteiger partial charge in [-0.3, -0.25) is 10.1 Å². The molecular formula is C21H26N2O3S. The van der Waals surface area contributed by atoms with Crippen LogP contribution in [0, 0.1) is 6.92 Å². The van der Waals surface area contributed by atoms with Crippen LogP contribution >= 0.6 is 11.8 Å². The first-order chi connectivity index (χ1) is 12.9. The predicted molar refractivity (Wildman–Crippen MR) is 109 cm³/mol. The lowest BCUT2D eigenvalue weighted by Gasteiger charge is -2.27. The van der Waals surface area contributed by atoms with Gasteiger partial charge >= 0.3 is 0 Å². The summed E-state index contributed by atoms with van der Waals surface area (Å²) in [4.78, 5) is 13.4. The van der Waals surface area contributed by atoms with E-state index in [2.05, 4.69) is 41.8 Å². The molecule has 0 aliphatic carbocycles. The van der Waals surface area contributed by atoms with E-state index in [0.29, 0.717) is 6.54 Å². The maximum Gasteiger partial charge on any atom is 0.234 e. The number of hydrogen-bond acceptors (Lipinski definition) is 5. The molecule has 1 aliphatic heterocycles. The number of amides is 1. The van der Waals surface area contributed by atoms with Crippen molar-refractivity contribution in [1.82, 2.24) is 10.6 Å². The summed E-state index contributed by atoms with van der Waals surface area (Å²) in [7, 11) is 0. The van der Waals surface area contributed by atoms with Gasteiger partial charge in [0.2, 0.25) is 12.7 Å². The molecule has 2 aromatic carbocycles. The summed E-state index contributed by atoms with van der Waals surface area (Å²) >= 11 is 1.74. The SMILES string of the molecule is Cc1ccc(SCCNC(=O)CNC(C)(C)c2ccc3c(c2)OCO3)cc1. The van der Waals surface area contributed by atoms with Crippen molar-refractivity contribution in [2.24, 2.45) is 0 Å². The normalized spacial score (nSPS) is 12.9. The van der Waals surface area contributed by atoms with E-state index < -0.39 is 0 Å². The molecule has 0 atom stereocenters. The molecule has 0 bridgehead atoms. The molecule has 5 nitrogen and oxygen atoms in total. The van der Waals surface area contributed by atoms with Gasteiger partial charge in [-0.1, -0.05) is 23.8 Å². The van der Waals surface area contributed by atoms with Crippen molar-refractivity contribution in [3.63, 3.8) is 0 Å². The highest BCUT2D eigenvalue weighted by Crippen LogP contribution is 2.35. The van der Waals surface area contributed by atoms with Crippen molar-refractivity contribution in [2.75, 3.05) is 25.6 Å². The van der Waals surface area contributed by atoms with Crippen molar-refractivity contribution < 1.29 is 14.3 Å². The molecule has 0 saturated heterocycles. The standard InChI is InChI=1S/C21H26N2O3S/c1-15-4-7-17(8-5-15)27-11-10-22-20(24)13-23-21(2,3)16-6-9-18-19(12-16)26-14-25-18/h4-9,12,23H,10-11,13-14H2,1-3H3,(H,22,24). The second-order valence-electron chi connectivity index (χ2n) is 7.06. The molecule has 1 amide bonds. The monoisotopic (exact) mass is 386 g/mol. The van der Waals surface area contributed by atoms with Gasteiger partial charge in [-0.05, 0) is 50.6 Å². The lowest BCUT2D eigenvalue weighted by Crippen LogP contribution is -2.43. The summed E-state index contributed by atoms with van der Waals surface area (Å²) in [5.41, 5.74) is 1.95. The molecule has 2 N–H and O–H groups in total. The summed E-state index contributed by atoms with van der Waals surface area (Å²) in [6, 6.07) is 14.3. The zero-order valence-corrected chi connectivity index (χ0v) is 16.8. The lowest BCUT2D eigenvalue weighted by atomic mass is 9.94. The number of carbonyl (C=O) groups is 1. The minimum Gasteiger partial charge on any atom is -0.454 e. The molecule has 1 heterocycles. The van der Waals surface area contributed by atoms with E-state index in [-0.39, 0.29) is 24.8 Å². The van der Waals surface area contributed by atoms with E-state index in [1.165, 1.54) is 10.5 Å². The molecule has 6 heteroatoms. The number of nitrogens with one attached hydrogen (secondary N) is 2. The Morgan fingerprint density at radius 1 is 1.11 bits per heavy atom. The first kappa shape index (κ1) is 19.6. The van der Waals surface area contributed by atoms with Crippen LogP contribution in [0.25, 0.3) is 0 Å². The third kappa shape index (κ3) is 5.40. The Kier molecular flexibility index (Phi) is 6.29. The van der Waals surface area contributed by atoms with E-state index in [1.807, 2.05) is 32.0 Å². The molecule has 1 aliphatic rings. The molecule has 0 saturated carbocycles. The first-order valence-electron chi connectivity index (χ1n) is 9.05. The Morgan fingerprint density at radius 2 is 1.85 bits per heavy atom. The van der Waals surface area contributed by atoms with Gasteiger partial charge in [-0.2, -0.15) is 0 Å². The van der Waals surface area contributed by atoms with E-state index in [9.17, 15) is 4.79 Å². The van der Waals surface area contributed by atoms with Gasteiger partial charge in [-0.25, -0.2) is 0 Å². The molecule has 27 heavy (non-hydrogen) atoms. The highest BCUT2D eigenvalue weighted by atomic mass is 32.2. The zero-order valence-electron chi connectivity index (χ0n) is 16.0. The van der Waals surface area contributed by atoms with E-state index in [0.717, 1.165) is 22.8 Å². The minimum atomic E-state index is -0.352. The third-order valence-electron chi connectivity index (χ3n) is 4.50. The summed E-state index contributed by atoms with van der Waals surface area (Å²) in [6.45, 7) is 7.33. The number of ether oxygens (including phenoxy) is 2. The minimum absolute atomic E-state index is 0.00618. The number of benzene rings is 2. The molecule has 0 radical (unpaired) electrons. The number of rotatable bonds is 8. The van der Waals surface area contributed by atoms with Crippen LogP contribution < -0.4 is 20.1 Å². The Hall–Kier alpha value is -2.18. The number of fused-ring (bicyclic) bond motifs is 1. The van der Waals surface area contributed by atoms with Crippen LogP contribution in [0.15, 0.2) is 47.4 Å². The highest BCUT2D eigenvalue weighted by Gasteiger charge is 2.24. The smallest absolute Gasteiger partial charge is 0.234 e. The average Bonchev–Trinajstić information content (AvgIpc) is 3.13. The van der Waals surface area contributed by atoms with Crippen molar-refractivity contribution >= 4 is 17.7 Å². The summed E-state index contributed by atoms with van der Waals surface area (Å²) < 4.78 is 10.8. The average molecular weight is 387 g/mol. The first-order valence-corrected chi connectivity index (χ1v) is 10.0. The second-order valence-corrected chi connectivity index (χ2v) is 8.23. The number of carbonyl (C=O) groups excluding carboxylic acids is 1. The van der Waals surface area contributed by atoms with Crippen LogP contribution in [0.4, 0.5) is 0 Å². The molecular weight excluding hydrogens is 360 g/mol. The molecule has 0 spiro atoms.